The smallest absolute Gasteiger partial charge is 0.289 e. The number of nitrogens with zero attached hydrogens (tertiary/aromatic N) is 2. The van der Waals surface area contributed by atoms with E-state index in [1.807, 2.05) is 0 Å². The summed E-state index contributed by atoms with van der Waals surface area (Å²) in [5, 5.41) is 0. The van der Waals surface area contributed by atoms with Gasteiger partial charge in [-0.1, -0.05) is 0 Å². The van der Waals surface area contributed by atoms with E-state index in [1.54, 1.807) is 0 Å². The number of amides is 2. The minimum atomic E-state index is -1.31. The highest BCUT2D eigenvalue weighted by molar-refractivity contribution is 5.94. The fourth-order valence-corrected chi connectivity index (χ4v) is 3.35. The predicted molar refractivity (Wildman–Crippen MR) is 94.3 cm³/mol. The predicted octanol–water partition coefficient (Wildman–Crippen LogP) is 2.57. The van der Waals surface area contributed by atoms with Crippen molar-refractivity contribution in [2.45, 2.75) is 50.9 Å². The van der Waals surface area contributed by atoms with Crippen LogP contribution in [0.4, 0.5) is 8.78 Å². The second-order valence-electron chi connectivity index (χ2n) is 7.93. The van der Waals surface area contributed by atoms with Gasteiger partial charge in [0, 0.05) is 38.3 Å². The van der Waals surface area contributed by atoms with Crippen molar-refractivity contribution in [3.63, 3.8) is 0 Å². The number of rotatable bonds is 2. The van der Waals surface area contributed by atoms with Crippen LogP contribution >= 0.6 is 0 Å². The summed E-state index contributed by atoms with van der Waals surface area (Å²) in [6.07, 6.45) is 0.823. The van der Waals surface area contributed by atoms with E-state index in [1.165, 1.54) is 23.6 Å². The summed E-state index contributed by atoms with van der Waals surface area (Å²) in [6.45, 7) is 3.86. The van der Waals surface area contributed by atoms with Crippen LogP contribution in [0.5, 0.6) is 0 Å². The van der Waals surface area contributed by atoms with Gasteiger partial charge in [-0.05, 0) is 39.5 Å². The summed E-state index contributed by atoms with van der Waals surface area (Å²) < 4.78 is 33.3. The van der Waals surface area contributed by atoms with Gasteiger partial charge in [-0.2, -0.15) is 0 Å². The number of halogens is 2. The molecule has 2 aliphatic heterocycles. The van der Waals surface area contributed by atoms with Crippen LogP contribution in [0, 0.1) is 0 Å². The molecule has 0 saturated carbocycles. The maximum absolute atomic E-state index is 13.9. The van der Waals surface area contributed by atoms with E-state index in [-0.39, 0.29) is 63.4 Å². The van der Waals surface area contributed by atoms with Crippen LogP contribution in [0.3, 0.4) is 0 Å². The topological polar surface area (TPSA) is 70.8 Å². The molecule has 2 fully saturated rings. The van der Waals surface area contributed by atoms with Crippen molar-refractivity contribution < 1.29 is 22.8 Å². The van der Waals surface area contributed by atoms with E-state index in [0.717, 1.165) is 12.1 Å². The standard InChI is InChI=1S/C19H24F2N2O4/c1-18(20)3-7-22(8-4-18)16(25)14-11-13(24)12-15(27-14)17(26)23-9-5-19(2,21)6-10-23/h11-12H,3-10H2,1-2H3. The first-order chi connectivity index (χ1) is 12.6. The van der Waals surface area contributed by atoms with Crippen molar-refractivity contribution in [1.29, 1.82) is 0 Å². The molecular weight excluding hydrogens is 358 g/mol. The normalized spacial score (nSPS) is 21.8. The Morgan fingerprint density at radius 1 is 0.852 bits per heavy atom. The van der Waals surface area contributed by atoms with Gasteiger partial charge in [0.25, 0.3) is 11.8 Å². The Morgan fingerprint density at radius 2 is 1.19 bits per heavy atom. The van der Waals surface area contributed by atoms with Crippen LogP contribution in [0.15, 0.2) is 21.3 Å². The van der Waals surface area contributed by atoms with Crippen molar-refractivity contribution in [2.24, 2.45) is 0 Å². The van der Waals surface area contributed by atoms with E-state index < -0.39 is 28.6 Å². The number of likely N-dealkylation sites (tertiary alicyclic amines) is 2. The Bertz CT molecular complexity index is 722. The number of alkyl halides is 2. The monoisotopic (exact) mass is 382 g/mol. The van der Waals surface area contributed by atoms with Crippen LogP contribution in [0.25, 0.3) is 0 Å². The van der Waals surface area contributed by atoms with Gasteiger partial charge in [0.1, 0.15) is 11.3 Å². The summed E-state index contributed by atoms with van der Waals surface area (Å²) in [4.78, 5) is 40.0. The minimum Gasteiger partial charge on any atom is -0.445 e. The zero-order valence-electron chi connectivity index (χ0n) is 15.6. The lowest BCUT2D eigenvalue weighted by Gasteiger charge is -2.34. The average molecular weight is 382 g/mol. The number of hydrogen-bond donors (Lipinski definition) is 0. The highest BCUT2D eigenvalue weighted by atomic mass is 19.1. The van der Waals surface area contributed by atoms with Gasteiger partial charge in [0.2, 0.25) is 0 Å². The Balaban J connectivity index is 1.75. The Hall–Kier alpha value is -2.25. The molecule has 0 N–H and O–H groups in total. The van der Waals surface area contributed by atoms with Gasteiger partial charge >= 0.3 is 0 Å². The van der Waals surface area contributed by atoms with Crippen molar-refractivity contribution in [3.05, 3.63) is 33.9 Å². The summed E-state index contributed by atoms with van der Waals surface area (Å²) in [5.41, 5.74) is -3.14. The lowest BCUT2D eigenvalue weighted by atomic mass is 9.95. The number of hydrogen-bond acceptors (Lipinski definition) is 4. The Kier molecular flexibility index (Phi) is 5.10. The minimum absolute atomic E-state index is 0.206. The molecule has 2 amide bonds. The van der Waals surface area contributed by atoms with Crippen molar-refractivity contribution in [1.82, 2.24) is 9.80 Å². The van der Waals surface area contributed by atoms with Crippen LogP contribution < -0.4 is 5.43 Å². The van der Waals surface area contributed by atoms with E-state index in [0.29, 0.717) is 0 Å². The molecule has 3 heterocycles. The molecule has 0 spiro atoms. The van der Waals surface area contributed by atoms with Crippen LogP contribution in [0.2, 0.25) is 0 Å². The van der Waals surface area contributed by atoms with Crippen LogP contribution in [0.1, 0.15) is 60.6 Å². The first-order valence-electron chi connectivity index (χ1n) is 9.18. The molecule has 3 rings (SSSR count). The molecule has 2 aliphatic rings. The zero-order chi connectivity index (χ0) is 19.8. The van der Waals surface area contributed by atoms with Crippen molar-refractivity contribution in [3.8, 4) is 0 Å². The van der Waals surface area contributed by atoms with E-state index in [2.05, 4.69) is 0 Å². The van der Waals surface area contributed by atoms with Gasteiger partial charge in [-0.25, -0.2) is 8.78 Å². The molecule has 148 valence electrons. The largest absolute Gasteiger partial charge is 0.445 e. The third-order valence-corrected chi connectivity index (χ3v) is 5.37. The summed E-state index contributed by atoms with van der Waals surface area (Å²) in [5.74, 6) is -1.54. The quantitative estimate of drug-likeness (QED) is 0.788. The van der Waals surface area contributed by atoms with Gasteiger partial charge in [-0.3, -0.25) is 14.4 Å². The molecule has 0 bridgehead atoms. The molecule has 27 heavy (non-hydrogen) atoms. The van der Waals surface area contributed by atoms with Gasteiger partial charge in [-0.15, -0.1) is 0 Å². The molecule has 0 unspecified atom stereocenters. The summed E-state index contributed by atoms with van der Waals surface area (Å²) in [7, 11) is 0. The van der Waals surface area contributed by atoms with Gasteiger partial charge in [0.15, 0.2) is 16.9 Å². The Labute approximate surface area is 156 Å². The average Bonchev–Trinajstić information content (AvgIpc) is 2.60. The molecule has 0 aliphatic carbocycles. The first-order valence-corrected chi connectivity index (χ1v) is 9.18. The van der Waals surface area contributed by atoms with E-state index in [9.17, 15) is 23.2 Å². The summed E-state index contributed by atoms with van der Waals surface area (Å²) >= 11 is 0. The number of carbonyl (C=O) groups is 2. The highest BCUT2D eigenvalue weighted by Crippen LogP contribution is 2.27. The SMILES string of the molecule is CC1(F)CCN(C(=O)c2cc(=O)cc(C(=O)N3CCC(C)(F)CC3)o2)CC1. The van der Waals surface area contributed by atoms with Crippen molar-refractivity contribution in [2.75, 3.05) is 26.2 Å². The molecule has 6 nitrogen and oxygen atoms in total. The maximum Gasteiger partial charge on any atom is 0.289 e. The van der Waals surface area contributed by atoms with Gasteiger partial charge in [0.05, 0.1) is 0 Å². The molecular formula is C19H24F2N2O4. The fourth-order valence-electron chi connectivity index (χ4n) is 3.35. The molecule has 1 aromatic heterocycles. The maximum atomic E-state index is 13.9. The summed E-state index contributed by atoms with van der Waals surface area (Å²) in [6, 6.07) is 2.08. The van der Waals surface area contributed by atoms with Crippen LogP contribution in [-0.2, 0) is 0 Å². The van der Waals surface area contributed by atoms with E-state index in [4.69, 9.17) is 4.42 Å². The molecule has 0 aromatic carbocycles. The third kappa shape index (κ3) is 4.54. The fraction of sp³-hybridized carbons (Fsp3) is 0.632. The second kappa shape index (κ2) is 7.05. The molecule has 0 atom stereocenters. The van der Waals surface area contributed by atoms with Gasteiger partial charge < -0.3 is 14.2 Å². The number of carbonyl (C=O) groups excluding carboxylic acids is 2. The highest BCUT2D eigenvalue weighted by Gasteiger charge is 2.34. The molecule has 2 saturated heterocycles. The third-order valence-electron chi connectivity index (χ3n) is 5.37. The lowest BCUT2D eigenvalue weighted by molar-refractivity contribution is 0.0450. The second-order valence-corrected chi connectivity index (χ2v) is 7.93. The molecule has 8 heteroatoms. The first kappa shape index (κ1) is 19.5. The Morgan fingerprint density at radius 3 is 1.52 bits per heavy atom. The lowest BCUT2D eigenvalue weighted by Crippen LogP contribution is -2.44. The molecule has 1 aromatic rings. The number of piperidine rings is 2. The molecule has 0 radical (unpaired) electrons. The zero-order valence-corrected chi connectivity index (χ0v) is 15.6. The van der Waals surface area contributed by atoms with Crippen LogP contribution in [-0.4, -0.2) is 59.1 Å². The van der Waals surface area contributed by atoms with E-state index >= 15 is 0 Å². The van der Waals surface area contributed by atoms with Crippen molar-refractivity contribution >= 4 is 11.8 Å².